The molecule has 1 aromatic carbocycles. The average molecular weight is 260 g/mol. The maximum absolute atomic E-state index is 10.3. The van der Waals surface area contributed by atoms with E-state index in [0.29, 0.717) is 17.7 Å². The molecule has 2 unspecified atom stereocenters. The number of hydrogen-bond acceptors (Lipinski definition) is 3. The Morgan fingerprint density at radius 3 is 2.89 bits per heavy atom. The van der Waals surface area contributed by atoms with Crippen molar-refractivity contribution in [1.29, 1.82) is 0 Å². The number of rotatable bonds is 1. The van der Waals surface area contributed by atoms with Crippen LogP contribution in [0.2, 0.25) is 0 Å². The van der Waals surface area contributed by atoms with Gasteiger partial charge in [-0.15, -0.1) is 0 Å². The zero-order chi connectivity index (χ0) is 13.4. The molecule has 104 valence electrons. The second-order valence-corrected chi connectivity index (χ2v) is 6.02. The van der Waals surface area contributed by atoms with Crippen LogP contribution < -0.4 is 5.32 Å². The SMILES string of the molecule is Cc1ccc(O)c2c1C(C)CC2N1CCCNCC1. The third-order valence-corrected chi connectivity index (χ3v) is 4.70. The molecule has 0 bridgehead atoms. The molecule has 1 aliphatic heterocycles. The Hall–Kier alpha value is -1.06. The molecule has 1 saturated heterocycles. The van der Waals surface area contributed by atoms with Crippen LogP contribution in [0.1, 0.15) is 48.4 Å². The second kappa shape index (κ2) is 5.14. The Morgan fingerprint density at radius 2 is 2.05 bits per heavy atom. The minimum atomic E-state index is 0.407. The van der Waals surface area contributed by atoms with Crippen molar-refractivity contribution in [3.8, 4) is 5.75 Å². The van der Waals surface area contributed by atoms with Crippen LogP contribution in [0.25, 0.3) is 0 Å². The first kappa shape index (κ1) is 12.9. The summed E-state index contributed by atoms with van der Waals surface area (Å²) in [6.07, 6.45) is 2.35. The topological polar surface area (TPSA) is 35.5 Å². The van der Waals surface area contributed by atoms with Crippen LogP contribution in [-0.2, 0) is 0 Å². The highest BCUT2D eigenvalue weighted by atomic mass is 16.3. The molecule has 0 amide bonds. The molecule has 1 heterocycles. The van der Waals surface area contributed by atoms with Crippen molar-refractivity contribution in [2.24, 2.45) is 0 Å². The molecule has 2 N–H and O–H groups in total. The van der Waals surface area contributed by atoms with E-state index < -0.39 is 0 Å². The third kappa shape index (κ3) is 2.26. The van der Waals surface area contributed by atoms with Crippen LogP contribution in [0.15, 0.2) is 12.1 Å². The summed E-state index contributed by atoms with van der Waals surface area (Å²) in [4.78, 5) is 2.56. The molecule has 2 aliphatic rings. The van der Waals surface area contributed by atoms with Crippen molar-refractivity contribution in [2.75, 3.05) is 26.2 Å². The molecule has 0 spiro atoms. The van der Waals surface area contributed by atoms with E-state index in [-0.39, 0.29) is 0 Å². The predicted octanol–water partition coefficient (Wildman–Crippen LogP) is 2.54. The highest BCUT2D eigenvalue weighted by Crippen LogP contribution is 2.48. The average Bonchev–Trinajstić information content (AvgIpc) is 2.61. The van der Waals surface area contributed by atoms with E-state index in [1.807, 2.05) is 6.07 Å². The molecule has 1 aromatic rings. The van der Waals surface area contributed by atoms with Crippen molar-refractivity contribution in [1.82, 2.24) is 10.2 Å². The van der Waals surface area contributed by atoms with Crippen LogP contribution in [0.4, 0.5) is 0 Å². The summed E-state index contributed by atoms with van der Waals surface area (Å²) in [5.74, 6) is 1.05. The lowest BCUT2D eigenvalue weighted by Gasteiger charge is -2.28. The van der Waals surface area contributed by atoms with Gasteiger partial charge in [0.15, 0.2) is 0 Å². The number of aromatic hydroxyl groups is 1. The molecule has 2 atom stereocenters. The first-order valence-corrected chi connectivity index (χ1v) is 7.45. The lowest BCUT2D eigenvalue weighted by atomic mass is 9.97. The van der Waals surface area contributed by atoms with Crippen LogP contribution in [0, 0.1) is 6.92 Å². The Balaban J connectivity index is 1.96. The van der Waals surface area contributed by atoms with Gasteiger partial charge in [0.25, 0.3) is 0 Å². The number of nitrogens with one attached hydrogen (secondary N) is 1. The molecular weight excluding hydrogens is 236 g/mol. The largest absolute Gasteiger partial charge is 0.508 e. The molecule has 3 heteroatoms. The fraction of sp³-hybridized carbons (Fsp3) is 0.625. The van der Waals surface area contributed by atoms with Crippen molar-refractivity contribution >= 4 is 0 Å². The highest BCUT2D eigenvalue weighted by Gasteiger charge is 2.35. The monoisotopic (exact) mass is 260 g/mol. The number of phenolic OH excluding ortho intramolecular Hbond substituents is 1. The lowest BCUT2D eigenvalue weighted by molar-refractivity contribution is 0.203. The zero-order valence-electron chi connectivity index (χ0n) is 11.9. The fourth-order valence-corrected chi connectivity index (χ4v) is 3.82. The van der Waals surface area contributed by atoms with Gasteiger partial charge in [0.05, 0.1) is 0 Å². The highest BCUT2D eigenvalue weighted by molar-refractivity contribution is 5.51. The van der Waals surface area contributed by atoms with Crippen molar-refractivity contribution < 1.29 is 5.11 Å². The summed E-state index contributed by atoms with van der Waals surface area (Å²) in [5.41, 5.74) is 3.92. The maximum Gasteiger partial charge on any atom is 0.120 e. The second-order valence-electron chi connectivity index (χ2n) is 6.02. The Labute approximate surface area is 115 Å². The third-order valence-electron chi connectivity index (χ3n) is 4.70. The molecule has 3 nitrogen and oxygen atoms in total. The van der Waals surface area contributed by atoms with Crippen molar-refractivity contribution in [3.05, 3.63) is 28.8 Å². The molecule has 0 radical (unpaired) electrons. The first-order valence-electron chi connectivity index (χ1n) is 7.45. The number of fused-ring (bicyclic) bond motifs is 1. The van der Waals surface area contributed by atoms with Crippen molar-refractivity contribution in [2.45, 2.75) is 38.6 Å². The Kier molecular flexibility index (Phi) is 3.50. The Morgan fingerprint density at radius 1 is 1.21 bits per heavy atom. The molecule has 3 rings (SSSR count). The smallest absolute Gasteiger partial charge is 0.120 e. The molecule has 1 fully saturated rings. The van der Waals surface area contributed by atoms with Crippen LogP contribution in [0.5, 0.6) is 5.75 Å². The molecule has 19 heavy (non-hydrogen) atoms. The van der Waals surface area contributed by atoms with E-state index in [0.717, 1.165) is 32.6 Å². The van der Waals surface area contributed by atoms with E-state index in [1.54, 1.807) is 0 Å². The van der Waals surface area contributed by atoms with Gasteiger partial charge in [0.1, 0.15) is 5.75 Å². The summed E-state index contributed by atoms with van der Waals surface area (Å²) in [5, 5.41) is 13.8. The summed E-state index contributed by atoms with van der Waals surface area (Å²) < 4.78 is 0. The molecule has 0 aromatic heterocycles. The first-order chi connectivity index (χ1) is 9.18. The zero-order valence-corrected chi connectivity index (χ0v) is 11.9. The fourth-order valence-electron chi connectivity index (χ4n) is 3.82. The number of benzene rings is 1. The van der Waals surface area contributed by atoms with Crippen LogP contribution >= 0.6 is 0 Å². The van der Waals surface area contributed by atoms with Crippen LogP contribution in [0.3, 0.4) is 0 Å². The van der Waals surface area contributed by atoms with Gasteiger partial charge in [-0.25, -0.2) is 0 Å². The number of phenols is 1. The number of hydrogen-bond donors (Lipinski definition) is 2. The summed E-state index contributed by atoms with van der Waals surface area (Å²) >= 11 is 0. The minimum absolute atomic E-state index is 0.407. The van der Waals surface area contributed by atoms with E-state index in [4.69, 9.17) is 0 Å². The van der Waals surface area contributed by atoms with E-state index in [2.05, 4.69) is 30.1 Å². The standard InChI is InChI=1S/C16H24N2O/c1-11-4-5-14(19)16-13(10-12(2)15(11)16)18-8-3-6-17-7-9-18/h4-5,12-13,17,19H,3,6-10H2,1-2H3. The lowest BCUT2D eigenvalue weighted by Crippen LogP contribution is -2.31. The summed E-state index contributed by atoms with van der Waals surface area (Å²) in [7, 11) is 0. The van der Waals surface area contributed by atoms with Gasteiger partial charge in [-0.1, -0.05) is 13.0 Å². The molecular formula is C16H24N2O. The maximum atomic E-state index is 10.3. The Bertz CT molecular complexity index is 464. The van der Waals surface area contributed by atoms with Gasteiger partial charge in [-0.2, -0.15) is 0 Å². The van der Waals surface area contributed by atoms with Gasteiger partial charge in [0.2, 0.25) is 0 Å². The van der Waals surface area contributed by atoms with E-state index >= 15 is 0 Å². The molecule has 1 aliphatic carbocycles. The normalized spacial score (nSPS) is 28.1. The number of aryl methyl sites for hydroxylation is 1. The molecule has 0 saturated carbocycles. The van der Waals surface area contributed by atoms with E-state index in [1.165, 1.54) is 23.1 Å². The van der Waals surface area contributed by atoms with Crippen LogP contribution in [-0.4, -0.2) is 36.2 Å². The van der Waals surface area contributed by atoms with E-state index in [9.17, 15) is 5.11 Å². The van der Waals surface area contributed by atoms with Gasteiger partial charge in [-0.05, 0) is 49.4 Å². The van der Waals surface area contributed by atoms with Gasteiger partial charge in [0, 0.05) is 31.2 Å². The van der Waals surface area contributed by atoms with Gasteiger partial charge in [-0.3, -0.25) is 4.90 Å². The van der Waals surface area contributed by atoms with Gasteiger partial charge >= 0.3 is 0 Å². The number of nitrogens with zero attached hydrogens (tertiary/aromatic N) is 1. The predicted molar refractivity (Wildman–Crippen MR) is 77.7 cm³/mol. The quantitative estimate of drug-likeness (QED) is 0.814. The van der Waals surface area contributed by atoms with Crippen molar-refractivity contribution in [3.63, 3.8) is 0 Å². The minimum Gasteiger partial charge on any atom is -0.508 e. The van der Waals surface area contributed by atoms with Gasteiger partial charge < -0.3 is 10.4 Å². The summed E-state index contributed by atoms with van der Waals surface area (Å²) in [6, 6.07) is 4.33. The summed E-state index contributed by atoms with van der Waals surface area (Å²) in [6.45, 7) is 8.86.